The minimum atomic E-state index is 0.217. The van der Waals surface area contributed by atoms with Gasteiger partial charge in [0.2, 0.25) is 0 Å². The van der Waals surface area contributed by atoms with Crippen LogP contribution in [-0.2, 0) is 27.1 Å². The first-order chi connectivity index (χ1) is 19.7. The van der Waals surface area contributed by atoms with Crippen LogP contribution in [0.5, 0.6) is 17.2 Å². The summed E-state index contributed by atoms with van der Waals surface area (Å²) in [5.74, 6) is 2.93. The van der Waals surface area contributed by atoms with Crippen molar-refractivity contribution in [3.8, 4) is 17.2 Å². The molecular formula is C35H42O6. The van der Waals surface area contributed by atoms with Crippen molar-refractivity contribution in [3.63, 3.8) is 0 Å². The van der Waals surface area contributed by atoms with Gasteiger partial charge in [0, 0.05) is 0 Å². The molecule has 6 heteroatoms. The van der Waals surface area contributed by atoms with Gasteiger partial charge < -0.3 is 28.4 Å². The topological polar surface area (TPSA) is 65.3 Å². The van der Waals surface area contributed by atoms with Crippen LogP contribution < -0.4 is 14.2 Å². The zero-order valence-electron chi connectivity index (χ0n) is 25.2. The molecule has 3 fully saturated rings. The van der Waals surface area contributed by atoms with Crippen LogP contribution >= 0.6 is 0 Å². The smallest absolute Gasteiger partial charge is 0.125 e. The highest BCUT2D eigenvalue weighted by Crippen LogP contribution is 2.35. The van der Waals surface area contributed by atoms with E-state index < -0.39 is 0 Å². The number of hydrogen-bond acceptors (Lipinski definition) is 6. The SMILES string of the molecule is Cc1cc(Cc2cc(C)c(OCC3CO3)c(C)c2Cc2cc(C)c(OCC3CO3)c(C)c2)cc(C)c1OCC1CO1. The van der Waals surface area contributed by atoms with E-state index in [9.17, 15) is 0 Å². The van der Waals surface area contributed by atoms with E-state index in [-0.39, 0.29) is 18.3 Å². The third-order valence-electron chi connectivity index (χ3n) is 8.19. The highest BCUT2D eigenvalue weighted by Gasteiger charge is 2.26. The summed E-state index contributed by atoms with van der Waals surface area (Å²) in [6.07, 6.45) is 2.37. The van der Waals surface area contributed by atoms with Gasteiger partial charge >= 0.3 is 0 Å². The molecule has 0 spiro atoms. The van der Waals surface area contributed by atoms with E-state index in [0.29, 0.717) is 19.8 Å². The molecule has 3 aromatic carbocycles. The second kappa shape index (κ2) is 11.7. The van der Waals surface area contributed by atoms with Gasteiger partial charge in [0.15, 0.2) is 0 Å². The van der Waals surface area contributed by atoms with Crippen LogP contribution in [0.4, 0.5) is 0 Å². The largest absolute Gasteiger partial charge is 0.490 e. The summed E-state index contributed by atoms with van der Waals surface area (Å²) in [5, 5.41) is 0. The van der Waals surface area contributed by atoms with E-state index in [1.54, 1.807) is 0 Å². The highest BCUT2D eigenvalue weighted by atomic mass is 16.6. The van der Waals surface area contributed by atoms with Crippen LogP contribution in [-0.4, -0.2) is 58.0 Å². The van der Waals surface area contributed by atoms with Gasteiger partial charge in [-0.05, 0) is 110 Å². The lowest BCUT2D eigenvalue weighted by Gasteiger charge is -2.21. The zero-order chi connectivity index (χ0) is 28.7. The van der Waals surface area contributed by atoms with E-state index >= 15 is 0 Å². The Hall–Kier alpha value is -3.06. The molecule has 218 valence electrons. The minimum absolute atomic E-state index is 0.217. The number of aryl methyl sites for hydroxylation is 5. The molecule has 41 heavy (non-hydrogen) atoms. The van der Waals surface area contributed by atoms with Gasteiger partial charge in [-0.15, -0.1) is 0 Å². The molecule has 0 bridgehead atoms. The van der Waals surface area contributed by atoms with Crippen LogP contribution in [0.3, 0.4) is 0 Å². The molecule has 3 atom stereocenters. The molecule has 3 aromatic rings. The molecule has 3 aliphatic heterocycles. The zero-order valence-corrected chi connectivity index (χ0v) is 25.2. The molecule has 0 N–H and O–H groups in total. The molecule has 0 amide bonds. The third kappa shape index (κ3) is 6.88. The molecule has 0 aromatic heterocycles. The Morgan fingerprint density at radius 2 is 0.902 bits per heavy atom. The maximum absolute atomic E-state index is 6.32. The first-order valence-electron chi connectivity index (χ1n) is 14.8. The van der Waals surface area contributed by atoms with Crippen molar-refractivity contribution in [3.05, 3.63) is 86.0 Å². The molecule has 3 unspecified atom stereocenters. The number of benzene rings is 3. The molecule has 3 heterocycles. The van der Waals surface area contributed by atoms with Gasteiger partial charge in [-0.1, -0.05) is 30.3 Å². The lowest BCUT2D eigenvalue weighted by molar-refractivity contribution is 0.260. The lowest BCUT2D eigenvalue weighted by Crippen LogP contribution is -2.10. The average molecular weight is 559 g/mol. The van der Waals surface area contributed by atoms with E-state index in [1.807, 2.05) is 0 Å². The van der Waals surface area contributed by atoms with E-state index in [2.05, 4.69) is 71.9 Å². The predicted octanol–water partition coefficient (Wildman–Crippen LogP) is 6.05. The second-order valence-electron chi connectivity index (χ2n) is 12.1. The van der Waals surface area contributed by atoms with Crippen LogP contribution in [0.25, 0.3) is 0 Å². The Morgan fingerprint density at radius 1 is 0.537 bits per heavy atom. The fraction of sp³-hybridized carbons (Fsp3) is 0.486. The van der Waals surface area contributed by atoms with Gasteiger partial charge in [0.05, 0.1) is 19.8 Å². The van der Waals surface area contributed by atoms with Gasteiger partial charge in [-0.25, -0.2) is 0 Å². The van der Waals surface area contributed by atoms with Gasteiger partial charge in [-0.3, -0.25) is 0 Å². The van der Waals surface area contributed by atoms with E-state index in [4.69, 9.17) is 28.4 Å². The second-order valence-corrected chi connectivity index (χ2v) is 12.1. The van der Waals surface area contributed by atoms with Crippen molar-refractivity contribution in [1.82, 2.24) is 0 Å². The Bertz CT molecular complexity index is 1390. The minimum Gasteiger partial charge on any atom is -0.490 e. The number of epoxide rings is 3. The quantitative estimate of drug-likeness (QED) is 0.238. The Morgan fingerprint density at radius 3 is 1.32 bits per heavy atom. The predicted molar refractivity (Wildman–Crippen MR) is 159 cm³/mol. The van der Waals surface area contributed by atoms with Crippen molar-refractivity contribution < 1.29 is 28.4 Å². The highest BCUT2D eigenvalue weighted by molar-refractivity contribution is 5.54. The van der Waals surface area contributed by atoms with Crippen LogP contribution in [0.1, 0.15) is 55.6 Å². The molecule has 0 radical (unpaired) electrons. The molecule has 0 saturated carbocycles. The number of rotatable bonds is 13. The Labute approximate surface area is 243 Å². The third-order valence-corrected chi connectivity index (χ3v) is 8.19. The molecule has 3 aliphatic rings. The molecule has 3 saturated heterocycles. The number of ether oxygens (including phenoxy) is 6. The molecule has 0 aliphatic carbocycles. The summed E-state index contributed by atoms with van der Waals surface area (Å²) < 4.78 is 34.6. The first kappa shape index (κ1) is 28.1. The van der Waals surface area contributed by atoms with Crippen LogP contribution in [0, 0.1) is 41.5 Å². The monoisotopic (exact) mass is 558 g/mol. The summed E-state index contributed by atoms with van der Waals surface area (Å²) in [5.41, 5.74) is 12.2. The summed E-state index contributed by atoms with van der Waals surface area (Å²) in [7, 11) is 0. The van der Waals surface area contributed by atoms with Gasteiger partial charge in [0.25, 0.3) is 0 Å². The van der Waals surface area contributed by atoms with E-state index in [0.717, 1.165) is 66.6 Å². The Kier molecular flexibility index (Phi) is 7.99. The fourth-order valence-electron chi connectivity index (χ4n) is 5.90. The summed E-state index contributed by atoms with van der Waals surface area (Å²) in [4.78, 5) is 0. The Balaban J connectivity index is 1.30. The van der Waals surface area contributed by atoms with Gasteiger partial charge in [-0.2, -0.15) is 0 Å². The summed E-state index contributed by atoms with van der Waals surface area (Å²) in [6.45, 7) is 17.1. The van der Waals surface area contributed by atoms with Crippen molar-refractivity contribution in [2.75, 3.05) is 39.6 Å². The molecular weight excluding hydrogens is 516 g/mol. The van der Waals surface area contributed by atoms with Crippen molar-refractivity contribution >= 4 is 0 Å². The van der Waals surface area contributed by atoms with Crippen molar-refractivity contribution in [1.29, 1.82) is 0 Å². The summed E-state index contributed by atoms with van der Waals surface area (Å²) >= 11 is 0. The van der Waals surface area contributed by atoms with Crippen LogP contribution in [0.15, 0.2) is 30.3 Å². The van der Waals surface area contributed by atoms with Crippen molar-refractivity contribution in [2.24, 2.45) is 0 Å². The maximum Gasteiger partial charge on any atom is 0.125 e. The normalized spacial score (nSPS) is 20.6. The standard InChI is InChI=1S/C35H42O6/c1-20-7-26(8-21(2)33(20)39-17-29-14-36-29)12-28-11-24(5)35(41-19-31-16-38-31)25(6)32(28)13-27-9-22(3)34(23(4)10-27)40-18-30-15-37-30/h7-11,29-31H,12-19H2,1-6H3. The average Bonchev–Trinajstić information content (AvgIpc) is 3.76. The fourth-order valence-corrected chi connectivity index (χ4v) is 5.90. The van der Waals surface area contributed by atoms with Crippen LogP contribution in [0.2, 0.25) is 0 Å². The van der Waals surface area contributed by atoms with Crippen molar-refractivity contribution in [2.45, 2.75) is 72.7 Å². The maximum atomic E-state index is 6.32. The van der Waals surface area contributed by atoms with Gasteiger partial charge in [0.1, 0.15) is 55.4 Å². The lowest BCUT2D eigenvalue weighted by atomic mass is 9.88. The molecule has 6 nitrogen and oxygen atoms in total. The first-order valence-corrected chi connectivity index (χ1v) is 14.8. The number of hydrogen-bond donors (Lipinski definition) is 0. The molecule has 6 rings (SSSR count). The summed E-state index contributed by atoms with van der Waals surface area (Å²) in [6, 6.07) is 11.4. The van der Waals surface area contributed by atoms with E-state index in [1.165, 1.54) is 38.9 Å².